The highest BCUT2D eigenvalue weighted by molar-refractivity contribution is 9.10. The average molecular weight is 409 g/mol. The molecule has 6 nitrogen and oxygen atoms in total. The van der Waals surface area contributed by atoms with Crippen LogP contribution in [0.15, 0.2) is 35.3 Å². The molecule has 136 valence electrons. The number of anilines is 1. The Morgan fingerprint density at radius 1 is 1.16 bits per heavy atom. The lowest BCUT2D eigenvalue weighted by Crippen LogP contribution is -2.51. The summed E-state index contributed by atoms with van der Waals surface area (Å²) in [6.07, 6.45) is 1.67. The Hall–Kier alpha value is -1.70. The number of rotatable bonds is 7. The molecule has 0 saturated carbocycles. The SMILES string of the molecule is C=CCNC(=O)CN1CCN(CC(=O)Nc2ccc(C)cc2Br)CC1. The molecule has 25 heavy (non-hydrogen) atoms. The summed E-state index contributed by atoms with van der Waals surface area (Å²) in [5.74, 6) is -0.0166. The molecular weight excluding hydrogens is 384 g/mol. The van der Waals surface area contributed by atoms with Gasteiger partial charge in [0.2, 0.25) is 11.8 Å². The Balaban J connectivity index is 1.73. The summed E-state index contributed by atoms with van der Waals surface area (Å²) in [6, 6.07) is 5.85. The van der Waals surface area contributed by atoms with Gasteiger partial charge in [-0.15, -0.1) is 6.58 Å². The van der Waals surface area contributed by atoms with Gasteiger partial charge in [-0.2, -0.15) is 0 Å². The number of benzene rings is 1. The van der Waals surface area contributed by atoms with E-state index in [4.69, 9.17) is 0 Å². The molecule has 1 aliphatic rings. The van der Waals surface area contributed by atoms with Gasteiger partial charge in [0.25, 0.3) is 0 Å². The monoisotopic (exact) mass is 408 g/mol. The van der Waals surface area contributed by atoms with Crippen molar-refractivity contribution in [2.75, 3.05) is 51.1 Å². The summed E-state index contributed by atoms with van der Waals surface area (Å²) < 4.78 is 0.885. The lowest BCUT2D eigenvalue weighted by molar-refractivity contribution is -0.123. The Labute approximate surface area is 157 Å². The third-order valence-corrected chi connectivity index (χ3v) is 4.70. The standard InChI is InChI=1S/C18H25BrN4O2/c1-3-6-20-17(24)12-22-7-9-23(10-8-22)13-18(25)21-16-5-4-14(2)11-15(16)19/h3-5,11H,1,6-10,12-13H2,2H3,(H,20,24)(H,21,25). The highest BCUT2D eigenvalue weighted by Crippen LogP contribution is 2.23. The van der Waals surface area contributed by atoms with Crippen molar-refractivity contribution in [3.8, 4) is 0 Å². The number of hydrogen-bond acceptors (Lipinski definition) is 4. The predicted molar refractivity (Wildman–Crippen MR) is 104 cm³/mol. The van der Waals surface area contributed by atoms with Crippen molar-refractivity contribution in [2.45, 2.75) is 6.92 Å². The van der Waals surface area contributed by atoms with Crippen LogP contribution in [0.3, 0.4) is 0 Å². The van der Waals surface area contributed by atoms with E-state index in [-0.39, 0.29) is 11.8 Å². The lowest BCUT2D eigenvalue weighted by Gasteiger charge is -2.33. The van der Waals surface area contributed by atoms with Crippen LogP contribution in [0.5, 0.6) is 0 Å². The van der Waals surface area contributed by atoms with Crippen LogP contribution in [0.4, 0.5) is 5.69 Å². The molecule has 0 unspecified atom stereocenters. The molecule has 0 spiro atoms. The van der Waals surface area contributed by atoms with Gasteiger partial charge in [-0.25, -0.2) is 0 Å². The molecule has 2 amide bonds. The van der Waals surface area contributed by atoms with E-state index in [0.717, 1.165) is 41.9 Å². The molecule has 0 radical (unpaired) electrons. The van der Waals surface area contributed by atoms with E-state index in [1.54, 1.807) is 6.08 Å². The summed E-state index contributed by atoms with van der Waals surface area (Å²) >= 11 is 3.47. The smallest absolute Gasteiger partial charge is 0.238 e. The normalized spacial score (nSPS) is 15.6. The molecule has 1 heterocycles. The second kappa shape index (κ2) is 9.70. The van der Waals surface area contributed by atoms with E-state index in [0.29, 0.717) is 19.6 Å². The molecule has 0 atom stereocenters. The molecular formula is C18H25BrN4O2. The number of amides is 2. The van der Waals surface area contributed by atoms with Crippen molar-refractivity contribution >= 4 is 33.4 Å². The van der Waals surface area contributed by atoms with Crippen LogP contribution in [-0.4, -0.2) is 67.4 Å². The quantitative estimate of drug-likeness (QED) is 0.672. The predicted octanol–water partition coefficient (Wildman–Crippen LogP) is 1.62. The molecule has 1 aromatic rings. The van der Waals surface area contributed by atoms with E-state index >= 15 is 0 Å². The zero-order chi connectivity index (χ0) is 18.2. The first kappa shape index (κ1) is 19.6. The molecule has 2 rings (SSSR count). The Morgan fingerprint density at radius 3 is 2.32 bits per heavy atom. The van der Waals surface area contributed by atoms with Gasteiger partial charge < -0.3 is 10.6 Å². The van der Waals surface area contributed by atoms with E-state index < -0.39 is 0 Å². The number of carbonyl (C=O) groups is 2. The summed E-state index contributed by atoms with van der Waals surface area (Å²) in [5.41, 5.74) is 1.92. The molecule has 0 aliphatic carbocycles. The van der Waals surface area contributed by atoms with Gasteiger partial charge in [0, 0.05) is 37.2 Å². The van der Waals surface area contributed by atoms with Crippen LogP contribution >= 0.6 is 15.9 Å². The van der Waals surface area contributed by atoms with Crippen LogP contribution in [0, 0.1) is 6.92 Å². The summed E-state index contributed by atoms with van der Waals surface area (Å²) in [5, 5.41) is 5.72. The number of hydrogen-bond donors (Lipinski definition) is 2. The van der Waals surface area contributed by atoms with Crippen molar-refractivity contribution in [1.29, 1.82) is 0 Å². The van der Waals surface area contributed by atoms with Gasteiger partial charge in [0.1, 0.15) is 0 Å². The van der Waals surface area contributed by atoms with E-state index in [2.05, 4.69) is 42.9 Å². The Bertz CT molecular complexity index is 628. The number of carbonyl (C=O) groups excluding carboxylic acids is 2. The molecule has 1 aromatic carbocycles. The van der Waals surface area contributed by atoms with Gasteiger partial charge in [-0.05, 0) is 40.5 Å². The Kier molecular flexibility index (Phi) is 7.61. The number of piperazine rings is 1. The van der Waals surface area contributed by atoms with Crippen molar-refractivity contribution in [3.05, 3.63) is 40.9 Å². The maximum absolute atomic E-state index is 12.2. The number of nitrogens with one attached hydrogen (secondary N) is 2. The minimum atomic E-state index is -0.0262. The summed E-state index contributed by atoms with van der Waals surface area (Å²) in [7, 11) is 0. The van der Waals surface area contributed by atoms with Crippen molar-refractivity contribution in [1.82, 2.24) is 15.1 Å². The number of nitrogens with zero attached hydrogens (tertiary/aromatic N) is 2. The lowest BCUT2D eigenvalue weighted by atomic mass is 10.2. The molecule has 1 fully saturated rings. The first-order chi connectivity index (χ1) is 12.0. The molecule has 1 aliphatic heterocycles. The first-order valence-electron chi connectivity index (χ1n) is 8.36. The first-order valence-corrected chi connectivity index (χ1v) is 9.15. The minimum Gasteiger partial charge on any atom is -0.352 e. The zero-order valence-corrected chi connectivity index (χ0v) is 16.1. The van der Waals surface area contributed by atoms with Gasteiger partial charge in [-0.3, -0.25) is 19.4 Å². The second-order valence-electron chi connectivity index (χ2n) is 6.18. The van der Waals surface area contributed by atoms with E-state index in [9.17, 15) is 9.59 Å². The number of aryl methyl sites for hydroxylation is 1. The minimum absolute atomic E-state index is 0.00955. The molecule has 7 heteroatoms. The fraction of sp³-hybridized carbons (Fsp3) is 0.444. The van der Waals surface area contributed by atoms with Crippen molar-refractivity contribution in [2.24, 2.45) is 0 Å². The van der Waals surface area contributed by atoms with Gasteiger partial charge in [-0.1, -0.05) is 12.1 Å². The third-order valence-electron chi connectivity index (χ3n) is 4.04. The maximum atomic E-state index is 12.2. The van der Waals surface area contributed by atoms with Crippen molar-refractivity contribution in [3.63, 3.8) is 0 Å². The highest BCUT2D eigenvalue weighted by atomic mass is 79.9. The molecule has 0 aromatic heterocycles. The van der Waals surface area contributed by atoms with Crippen LogP contribution in [0.1, 0.15) is 5.56 Å². The van der Waals surface area contributed by atoms with Crippen LogP contribution in [0.2, 0.25) is 0 Å². The topological polar surface area (TPSA) is 64.7 Å². The summed E-state index contributed by atoms with van der Waals surface area (Å²) in [4.78, 5) is 28.1. The van der Waals surface area contributed by atoms with Gasteiger partial charge in [0.15, 0.2) is 0 Å². The summed E-state index contributed by atoms with van der Waals surface area (Å²) in [6.45, 7) is 9.94. The van der Waals surface area contributed by atoms with Crippen LogP contribution in [-0.2, 0) is 9.59 Å². The van der Waals surface area contributed by atoms with E-state index in [1.807, 2.05) is 25.1 Å². The van der Waals surface area contributed by atoms with Crippen LogP contribution < -0.4 is 10.6 Å². The van der Waals surface area contributed by atoms with Crippen molar-refractivity contribution < 1.29 is 9.59 Å². The average Bonchev–Trinajstić information content (AvgIpc) is 2.57. The third kappa shape index (κ3) is 6.61. The fourth-order valence-electron chi connectivity index (χ4n) is 2.66. The molecule has 0 bridgehead atoms. The molecule has 2 N–H and O–H groups in total. The maximum Gasteiger partial charge on any atom is 0.238 e. The number of halogens is 1. The highest BCUT2D eigenvalue weighted by Gasteiger charge is 2.20. The fourth-order valence-corrected chi connectivity index (χ4v) is 3.26. The van der Waals surface area contributed by atoms with Crippen LogP contribution in [0.25, 0.3) is 0 Å². The zero-order valence-electron chi connectivity index (χ0n) is 14.6. The Morgan fingerprint density at radius 2 is 1.76 bits per heavy atom. The molecule has 1 saturated heterocycles. The second-order valence-corrected chi connectivity index (χ2v) is 7.03. The van der Waals surface area contributed by atoms with Gasteiger partial charge >= 0.3 is 0 Å². The van der Waals surface area contributed by atoms with E-state index in [1.165, 1.54) is 0 Å². The van der Waals surface area contributed by atoms with Gasteiger partial charge in [0.05, 0.1) is 18.8 Å². The largest absolute Gasteiger partial charge is 0.352 e.